The minimum atomic E-state index is 0. The van der Waals surface area contributed by atoms with Crippen molar-refractivity contribution in [3.05, 3.63) is 157 Å². The second kappa shape index (κ2) is 14.3. The number of nitrogens with one attached hydrogen (secondary N) is 1. The van der Waals surface area contributed by atoms with Crippen LogP contribution in [0.15, 0.2) is 121 Å². The van der Waals surface area contributed by atoms with E-state index in [9.17, 15) is 10.2 Å². The SMILES string of the molecule is [CH2-]N(c1ccc(-c2c(C)cccc2C)cc1O)c1ccccc1NCN1[CH-]N(c2ccc(-c3c(C)cccc3C)cc2O)c2ccccc21.[Pt+2]. The standard InChI is InChI=1S/C43H40N4O2.Pt/c1-28-12-10-13-29(2)42(28)32-20-22-38(40(48)24-32)45(5)35-17-7-6-16-34(35)44-26-46-27-47(37-19-9-8-18-36(37)46)39-23-21-33(25-41(39)49)43-30(3)14-11-15-31(43)4;/h6-25,27,44,48-49H,5,26H2,1-4H3;/q-2;+2. The Labute approximate surface area is 309 Å². The predicted molar refractivity (Wildman–Crippen MR) is 204 cm³/mol. The van der Waals surface area contributed by atoms with Gasteiger partial charge in [0.25, 0.3) is 0 Å². The zero-order valence-corrected chi connectivity index (χ0v) is 30.9. The maximum Gasteiger partial charge on any atom is 2.00 e. The summed E-state index contributed by atoms with van der Waals surface area (Å²) in [6.45, 7) is 10.8. The number of phenolic OH excluding ortho intramolecular Hbond substituents is 2. The van der Waals surface area contributed by atoms with Crippen molar-refractivity contribution < 1.29 is 31.3 Å². The van der Waals surface area contributed by atoms with Crippen molar-refractivity contribution in [3.8, 4) is 33.8 Å². The van der Waals surface area contributed by atoms with E-state index >= 15 is 0 Å². The summed E-state index contributed by atoms with van der Waals surface area (Å²) in [6.07, 6.45) is 0. The van der Waals surface area contributed by atoms with E-state index in [2.05, 4.69) is 99.6 Å². The molecule has 3 N–H and O–H groups in total. The van der Waals surface area contributed by atoms with Crippen LogP contribution in [0, 0.1) is 41.4 Å². The third-order valence-electron chi connectivity index (χ3n) is 9.38. The molecule has 50 heavy (non-hydrogen) atoms. The third kappa shape index (κ3) is 6.44. The van der Waals surface area contributed by atoms with Gasteiger partial charge in [-0.15, -0.1) is 6.67 Å². The number of rotatable bonds is 8. The topological polar surface area (TPSA) is 62.2 Å². The van der Waals surface area contributed by atoms with Crippen LogP contribution in [0.1, 0.15) is 22.3 Å². The van der Waals surface area contributed by atoms with Crippen LogP contribution in [0.2, 0.25) is 0 Å². The van der Waals surface area contributed by atoms with Crippen molar-refractivity contribution in [1.82, 2.24) is 0 Å². The van der Waals surface area contributed by atoms with Crippen molar-refractivity contribution in [1.29, 1.82) is 0 Å². The molecule has 0 saturated heterocycles. The van der Waals surface area contributed by atoms with E-state index in [1.165, 1.54) is 11.1 Å². The van der Waals surface area contributed by atoms with Gasteiger partial charge in [0.05, 0.1) is 23.7 Å². The first kappa shape index (κ1) is 34.7. The fraction of sp³-hybridized carbons (Fsp3) is 0.116. The molecule has 0 atom stereocenters. The Balaban J connectivity index is 0.00000432. The Morgan fingerprint density at radius 2 is 1.14 bits per heavy atom. The molecule has 0 aliphatic carbocycles. The summed E-state index contributed by atoms with van der Waals surface area (Å²) in [5.41, 5.74) is 13.9. The van der Waals surface area contributed by atoms with Gasteiger partial charge in [-0.3, -0.25) is 7.05 Å². The fourth-order valence-electron chi connectivity index (χ4n) is 6.98. The summed E-state index contributed by atoms with van der Waals surface area (Å²) in [4.78, 5) is 5.90. The summed E-state index contributed by atoms with van der Waals surface area (Å²) in [6, 6.07) is 40.2. The Hall–Kier alpha value is -5.19. The first-order valence-corrected chi connectivity index (χ1v) is 16.4. The second-order valence-electron chi connectivity index (χ2n) is 12.7. The number of fused-ring (bicyclic) bond motifs is 1. The molecule has 6 aromatic carbocycles. The van der Waals surface area contributed by atoms with E-state index in [1.54, 1.807) is 4.90 Å². The Morgan fingerprint density at radius 3 is 1.74 bits per heavy atom. The number of phenols is 2. The molecule has 0 spiro atoms. The summed E-state index contributed by atoms with van der Waals surface area (Å²) < 4.78 is 0. The Morgan fingerprint density at radius 1 is 0.600 bits per heavy atom. The van der Waals surface area contributed by atoms with Crippen LogP contribution in [0.25, 0.3) is 22.3 Å². The van der Waals surface area contributed by atoms with Crippen molar-refractivity contribution in [3.63, 3.8) is 0 Å². The number of hydrogen-bond donors (Lipinski definition) is 3. The predicted octanol–water partition coefficient (Wildman–Crippen LogP) is 10.7. The summed E-state index contributed by atoms with van der Waals surface area (Å²) in [5, 5.41) is 26.1. The number of aromatic hydroxyl groups is 2. The van der Waals surface area contributed by atoms with Crippen LogP contribution in [-0.2, 0) is 21.1 Å². The molecule has 0 radical (unpaired) electrons. The van der Waals surface area contributed by atoms with E-state index in [0.717, 1.165) is 56.1 Å². The molecule has 254 valence electrons. The minimum Gasteiger partial charge on any atom is -0.506 e. The maximum atomic E-state index is 11.3. The molecular formula is C43H40N4O2Pt. The minimum absolute atomic E-state index is 0. The molecule has 7 rings (SSSR count). The number of para-hydroxylation sites is 4. The Kier molecular flexibility index (Phi) is 9.95. The van der Waals surface area contributed by atoms with Crippen LogP contribution in [0.3, 0.4) is 0 Å². The molecule has 0 amide bonds. The van der Waals surface area contributed by atoms with Crippen molar-refractivity contribution in [2.24, 2.45) is 0 Å². The van der Waals surface area contributed by atoms with Crippen LogP contribution >= 0.6 is 0 Å². The molecule has 6 aromatic rings. The van der Waals surface area contributed by atoms with Gasteiger partial charge in [0.15, 0.2) is 0 Å². The van der Waals surface area contributed by atoms with Gasteiger partial charge >= 0.3 is 21.1 Å². The van der Waals surface area contributed by atoms with Crippen LogP contribution in [-0.4, -0.2) is 16.9 Å². The Bertz CT molecular complexity index is 2140. The number of nitrogens with zero attached hydrogens (tertiary/aromatic N) is 3. The largest absolute Gasteiger partial charge is 2.00 e. The van der Waals surface area contributed by atoms with Gasteiger partial charge in [0.1, 0.15) is 11.5 Å². The number of aryl methyl sites for hydroxylation is 4. The third-order valence-corrected chi connectivity index (χ3v) is 9.38. The molecule has 0 aromatic heterocycles. The van der Waals surface area contributed by atoms with Gasteiger partial charge in [-0.1, -0.05) is 72.8 Å². The van der Waals surface area contributed by atoms with Crippen LogP contribution in [0.4, 0.5) is 34.1 Å². The van der Waals surface area contributed by atoms with E-state index in [-0.39, 0.29) is 32.6 Å². The van der Waals surface area contributed by atoms with Crippen LogP contribution in [0.5, 0.6) is 11.5 Å². The molecule has 0 saturated carbocycles. The number of benzene rings is 6. The molecule has 1 aliphatic rings. The molecule has 0 unspecified atom stereocenters. The van der Waals surface area contributed by atoms with E-state index < -0.39 is 0 Å². The smallest absolute Gasteiger partial charge is 0.506 e. The van der Waals surface area contributed by atoms with Gasteiger partial charge in [-0.05, 0) is 121 Å². The van der Waals surface area contributed by atoms with Gasteiger partial charge in [-0.2, -0.15) is 0 Å². The first-order chi connectivity index (χ1) is 23.7. The van der Waals surface area contributed by atoms with Crippen molar-refractivity contribution in [2.45, 2.75) is 27.7 Å². The maximum absolute atomic E-state index is 11.3. The van der Waals surface area contributed by atoms with Crippen molar-refractivity contribution in [2.75, 3.05) is 26.7 Å². The van der Waals surface area contributed by atoms with Crippen molar-refractivity contribution >= 4 is 34.1 Å². The monoisotopic (exact) mass is 839 g/mol. The van der Waals surface area contributed by atoms with E-state index in [4.69, 9.17) is 0 Å². The molecule has 0 fully saturated rings. The fourth-order valence-corrected chi connectivity index (χ4v) is 6.98. The second-order valence-corrected chi connectivity index (χ2v) is 12.7. The normalized spacial score (nSPS) is 12.0. The quantitative estimate of drug-likeness (QED) is 0.133. The zero-order valence-electron chi connectivity index (χ0n) is 28.6. The van der Waals surface area contributed by atoms with Gasteiger partial charge in [0, 0.05) is 17.1 Å². The zero-order chi connectivity index (χ0) is 34.2. The average molecular weight is 840 g/mol. The molecule has 6 nitrogen and oxygen atoms in total. The van der Waals surface area contributed by atoms with Gasteiger partial charge < -0.3 is 30.2 Å². The van der Waals surface area contributed by atoms with E-state index in [1.807, 2.05) is 78.3 Å². The molecule has 1 aliphatic heterocycles. The summed E-state index contributed by atoms with van der Waals surface area (Å²) in [5.74, 6) is 0.369. The molecule has 0 bridgehead atoms. The molecule has 7 heteroatoms. The van der Waals surface area contributed by atoms with Gasteiger partial charge in [0.2, 0.25) is 0 Å². The van der Waals surface area contributed by atoms with E-state index in [0.29, 0.717) is 18.0 Å². The first-order valence-electron chi connectivity index (χ1n) is 16.4. The van der Waals surface area contributed by atoms with Gasteiger partial charge in [-0.25, -0.2) is 0 Å². The summed E-state index contributed by atoms with van der Waals surface area (Å²) in [7, 11) is 4.33. The van der Waals surface area contributed by atoms with Crippen LogP contribution < -0.4 is 20.0 Å². The summed E-state index contributed by atoms with van der Waals surface area (Å²) >= 11 is 0. The number of anilines is 6. The number of hydrogen-bond acceptors (Lipinski definition) is 6. The molecular weight excluding hydrogens is 800 g/mol. The average Bonchev–Trinajstić information content (AvgIpc) is 3.45. The molecule has 1 heterocycles.